The van der Waals surface area contributed by atoms with Crippen LogP contribution in [-0.4, -0.2) is 51.1 Å². The molecule has 5 heteroatoms. The van der Waals surface area contributed by atoms with E-state index >= 15 is 0 Å². The van der Waals surface area contributed by atoms with E-state index in [1.165, 1.54) is 9.17 Å². The molecule has 1 atom stereocenters. The van der Waals surface area contributed by atoms with Gasteiger partial charge in [-0.25, -0.2) is 0 Å². The summed E-state index contributed by atoms with van der Waals surface area (Å²) >= 11 is -0.358. The van der Waals surface area contributed by atoms with Gasteiger partial charge in [0.2, 0.25) is 0 Å². The Hall–Kier alpha value is -0.760. The Bertz CT molecular complexity index is 450. The van der Waals surface area contributed by atoms with E-state index < -0.39 is 0 Å². The van der Waals surface area contributed by atoms with Crippen molar-refractivity contribution in [3.63, 3.8) is 0 Å². The number of fused-ring (bicyclic) bond motifs is 1. The molecule has 0 aliphatic carbocycles. The Labute approximate surface area is 118 Å². The molecule has 2 rings (SSSR count). The van der Waals surface area contributed by atoms with Crippen LogP contribution in [0.25, 0.3) is 0 Å². The maximum absolute atomic E-state index is 11.6. The average molecular weight is 363 g/mol. The molecule has 1 aromatic rings. The number of carbonyl (C=O) groups excluding carboxylic acids is 1. The third-order valence-electron chi connectivity index (χ3n) is 2.92. The number of hydrogen-bond acceptors (Lipinski definition) is 4. The zero-order valence-corrected chi connectivity index (χ0v) is 13.1. The number of methoxy groups -OCH3 is 1. The molecule has 0 bridgehead atoms. The number of esters is 1. The predicted octanol–water partition coefficient (Wildman–Crippen LogP) is 0.879. The van der Waals surface area contributed by atoms with Gasteiger partial charge in [-0.2, -0.15) is 0 Å². The van der Waals surface area contributed by atoms with Crippen molar-refractivity contribution in [2.75, 3.05) is 20.8 Å². The Morgan fingerprint density at radius 2 is 2.28 bits per heavy atom. The van der Waals surface area contributed by atoms with E-state index in [2.05, 4.69) is 16.3 Å². The summed E-state index contributed by atoms with van der Waals surface area (Å²) in [6.07, 6.45) is 0.426. The molecule has 98 valence electrons. The fourth-order valence-corrected chi connectivity index (χ4v) is 5.04. The van der Waals surface area contributed by atoms with Crippen LogP contribution < -0.4 is 8.35 Å². The molecular formula is C13H17NO3Te. The molecule has 0 spiro atoms. The normalized spacial score (nSPS) is 18.5. The Morgan fingerprint density at radius 3 is 2.94 bits per heavy atom. The van der Waals surface area contributed by atoms with Gasteiger partial charge in [0.15, 0.2) is 0 Å². The molecule has 0 aromatic heterocycles. The van der Waals surface area contributed by atoms with E-state index in [0.717, 1.165) is 5.75 Å². The van der Waals surface area contributed by atoms with Crippen molar-refractivity contribution < 1.29 is 14.3 Å². The molecule has 1 heterocycles. The molecule has 0 radical (unpaired) electrons. The van der Waals surface area contributed by atoms with E-state index in [1.807, 2.05) is 19.1 Å². The first-order valence-electron chi connectivity index (χ1n) is 5.90. The molecule has 4 nitrogen and oxygen atoms in total. The molecule has 0 N–H and O–H groups in total. The summed E-state index contributed by atoms with van der Waals surface area (Å²) in [6.45, 7) is 2.28. The van der Waals surface area contributed by atoms with Crippen molar-refractivity contribution in [3.05, 3.63) is 23.8 Å². The molecule has 0 saturated carbocycles. The summed E-state index contributed by atoms with van der Waals surface area (Å²) in [7, 11) is 3.75. The molecule has 0 amide bonds. The van der Waals surface area contributed by atoms with Crippen LogP contribution >= 0.6 is 0 Å². The van der Waals surface area contributed by atoms with Crippen molar-refractivity contribution in [3.8, 4) is 5.75 Å². The number of benzene rings is 1. The van der Waals surface area contributed by atoms with Crippen molar-refractivity contribution in [2.24, 2.45) is 0 Å². The van der Waals surface area contributed by atoms with Crippen molar-refractivity contribution in [1.29, 1.82) is 0 Å². The van der Waals surface area contributed by atoms with E-state index in [9.17, 15) is 4.79 Å². The van der Waals surface area contributed by atoms with Crippen molar-refractivity contribution >= 4 is 30.8 Å². The van der Waals surface area contributed by atoms with Gasteiger partial charge in [0.25, 0.3) is 0 Å². The van der Waals surface area contributed by atoms with Gasteiger partial charge in [0.05, 0.1) is 0 Å². The van der Waals surface area contributed by atoms with Crippen LogP contribution in [0.4, 0.5) is 0 Å². The first-order chi connectivity index (χ1) is 8.65. The summed E-state index contributed by atoms with van der Waals surface area (Å²) in [6, 6.07) is 6.31. The second-order valence-corrected chi connectivity index (χ2v) is 7.49. The second-order valence-electron chi connectivity index (χ2n) is 4.07. The first kappa shape index (κ1) is 13.7. The zero-order chi connectivity index (χ0) is 13.1. The fraction of sp³-hybridized carbons (Fsp3) is 0.462. The molecule has 1 unspecified atom stereocenters. The first-order valence-corrected chi connectivity index (χ1v) is 8.10. The summed E-state index contributed by atoms with van der Waals surface area (Å²) in [5.74, 6) is 0.725. The van der Waals surface area contributed by atoms with Crippen LogP contribution in [0, 0.1) is 0 Å². The third-order valence-corrected chi connectivity index (χ3v) is 6.09. The van der Waals surface area contributed by atoms with Crippen LogP contribution in [0.15, 0.2) is 18.2 Å². The summed E-state index contributed by atoms with van der Waals surface area (Å²) in [4.78, 5) is 11.6. The van der Waals surface area contributed by atoms with Crippen LogP contribution in [0.5, 0.6) is 5.75 Å². The maximum atomic E-state index is 11.6. The van der Waals surface area contributed by atoms with E-state index in [0.29, 0.717) is 13.0 Å². The van der Waals surface area contributed by atoms with Crippen LogP contribution in [-0.2, 0) is 9.53 Å². The minimum absolute atomic E-state index is 0.127. The van der Waals surface area contributed by atoms with Gasteiger partial charge >= 0.3 is 118 Å². The van der Waals surface area contributed by atoms with Crippen LogP contribution in [0.2, 0.25) is 0 Å². The van der Waals surface area contributed by atoms with E-state index in [4.69, 9.17) is 9.47 Å². The third kappa shape index (κ3) is 2.80. The molecule has 18 heavy (non-hydrogen) atoms. The van der Waals surface area contributed by atoms with Gasteiger partial charge in [-0.05, 0) is 0 Å². The molecule has 1 aromatic carbocycles. The van der Waals surface area contributed by atoms with Crippen molar-refractivity contribution in [2.45, 2.75) is 19.4 Å². The van der Waals surface area contributed by atoms with Gasteiger partial charge in [-0.15, -0.1) is 0 Å². The Kier molecular flexibility index (Phi) is 4.50. The average Bonchev–Trinajstić information content (AvgIpc) is 2.65. The molecule has 1 aliphatic heterocycles. The number of carbonyl (C=O) groups is 1. The molecule has 0 fully saturated rings. The summed E-state index contributed by atoms with van der Waals surface area (Å²) in [5, 5.41) is 0. The van der Waals surface area contributed by atoms with Gasteiger partial charge in [-0.3, -0.25) is 0 Å². The van der Waals surface area contributed by atoms with Gasteiger partial charge < -0.3 is 0 Å². The number of rotatable bonds is 4. The molecule has 0 saturated heterocycles. The Morgan fingerprint density at radius 1 is 1.50 bits per heavy atom. The van der Waals surface area contributed by atoms with Crippen LogP contribution in [0.1, 0.15) is 24.9 Å². The van der Waals surface area contributed by atoms with Crippen molar-refractivity contribution in [1.82, 2.24) is 3.15 Å². The Balaban J connectivity index is 2.20. The topological polar surface area (TPSA) is 38.8 Å². The minimum atomic E-state index is -0.358. The molecular weight excluding hydrogens is 346 g/mol. The van der Waals surface area contributed by atoms with Crippen LogP contribution in [0.3, 0.4) is 0 Å². The quantitative estimate of drug-likeness (QED) is 0.589. The summed E-state index contributed by atoms with van der Waals surface area (Å²) < 4.78 is 14.0. The van der Waals surface area contributed by atoms with E-state index in [-0.39, 0.29) is 33.2 Å². The van der Waals surface area contributed by atoms with E-state index in [1.54, 1.807) is 7.11 Å². The standard InChI is InChI=1S/C13H17NO3Te/c1-4-17-13(15)8-11-10-7-9(16-3)5-6-12(10)18-14(11)2/h5-7,11H,4,8H2,1-3H3. The molecule has 1 aliphatic rings. The van der Waals surface area contributed by atoms with Gasteiger partial charge in [-0.1, -0.05) is 0 Å². The van der Waals surface area contributed by atoms with Gasteiger partial charge in [0.1, 0.15) is 0 Å². The van der Waals surface area contributed by atoms with Gasteiger partial charge in [0, 0.05) is 0 Å². The zero-order valence-electron chi connectivity index (χ0n) is 10.8. The number of ether oxygens (including phenoxy) is 2. The summed E-state index contributed by atoms with van der Waals surface area (Å²) in [5.41, 5.74) is 1.23. The number of hydrogen-bond donors (Lipinski definition) is 0. The number of nitrogens with zero attached hydrogens (tertiary/aromatic N) is 1. The fourth-order valence-electron chi connectivity index (χ4n) is 2.03. The predicted molar refractivity (Wildman–Crippen MR) is 70.1 cm³/mol. The monoisotopic (exact) mass is 365 g/mol. The second kappa shape index (κ2) is 5.92. The SMILES string of the molecule is CCOC(=O)CC1c2cc(OC)ccc2[Te]N1C.